The smallest absolute Gasteiger partial charge is 0.137 e. The Labute approximate surface area is 185 Å². The number of hydrogen-bond acceptors (Lipinski definition) is 4. The van der Waals surface area contributed by atoms with Crippen LogP contribution in [-0.4, -0.2) is 41.8 Å². The van der Waals surface area contributed by atoms with Crippen LogP contribution >= 0.6 is 35.6 Å². The lowest BCUT2D eigenvalue weighted by Gasteiger charge is -2.43. The van der Waals surface area contributed by atoms with E-state index in [0.717, 1.165) is 45.9 Å². The van der Waals surface area contributed by atoms with Gasteiger partial charge in [-0.3, -0.25) is 4.39 Å². The van der Waals surface area contributed by atoms with Gasteiger partial charge in [0.1, 0.15) is 10.1 Å². The van der Waals surface area contributed by atoms with Crippen LogP contribution in [0.3, 0.4) is 0 Å². The van der Waals surface area contributed by atoms with Gasteiger partial charge >= 0.3 is 0 Å². The van der Waals surface area contributed by atoms with Crippen LogP contribution in [0, 0.1) is 0 Å². The number of alkyl halides is 1. The Morgan fingerprint density at radius 2 is 2.10 bits per heavy atom. The predicted octanol–water partition coefficient (Wildman–Crippen LogP) is 5.96. The minimum absolute atomic E-state index is 0.00361. The van der Waals surface area contributed by atoms with Crippen molar-refractivity contribution in [1.29, 1.82) is 0 Å². The van der Waals surface area contributed by atoms with Crippen LogP contribution in [0.5, 0.6) is 5.75 Å². The topological polar surface area (TPSA) is 24.5 Å². The molecule has 0 spiro atoms. The Hall–Kier alpha value is -1.76. The number of methoxy groups -OCH3 is 1. The number of nitrogens with one attached hydrogen (secondary N) is 1. The monoisotopic (exact) mass is 448 g/mol. The molecule has 0 saturated heterocycles. The normalized spacial score (nSPS) is 18.0. The second kappa shape index (κ2) is 8.94. The van der Waals surface area contributed by atoms with Crippen molar-refractivity contribution in [3.8, 4) is 5.75 Å². The summed E-state index contributed by atoms with van der Waals surface area (Å²) in [5.41, 5.74) is 6.05. The van der Waals surface area contributed by atoms with E-state index in [1.807, 2.05) is 30.3 Å². The zero-order valence-corrected chi connectivity index (χ0v) is 18.5. The quantitative estimate of drug-likeness (QED) is 0.581. The molecule has 2 heterocycles. The van der Waals surface area contributed by atoms with Gasteiger partial charge in [-0.15, -0.1) is 0 Å². The maximum atomic E-state index is 12.8. The third-order valence-electron chi connectivity index (χ3n) is 5.38. The molecule has 152 valence electrons. The van der Waals surface area contributed by atoms with Crippen LogP contribution in [-0.2, 0) is 0 Å². The van der Waals surface area contributed by atoms with Gasteiger partial charge in [-0.05, 0) is 53.5 Å². The first-order valence-electron chi connectivity index (χ1n) is 9.51. The molecule has 0 aliphatic carbocycles. The fourth-order valence-corrected chi connectivity index (χ4v) is 5.30. The lowest BCUT2D eigenvalue weighted by Crippen LogP contribution is -2.40. The molecule has 0 aromatic heterocycles. The number of thiocarbonyl (C=S) groups is 1. The summed E-state index contributed by atoms with van der Waals surface area (Å²) >= 11 is 13.4. The van der Waals surface area contributed by atoms with E-state index in [4.69, 9.17) is 28.6 Å². The van der Waals surface area contributed by atoms with Gasteiger partial charge in [0.2, 0.25) is 0 Å². The molecule has 2 aromatic rings. The Kier molecular flexibility index (Phi) is 6.32. The fraction of sp³-hybridized carbons (Fsp3) is 0.318. The van der Waals surface area contributed by atoms with Gasteiger partial charge in [0, 0.05) is 35.1 Å². The van der Waals surface area contributed by atoms with Crippen LogP contribution < -0.4 is 10.1 Å². The number of hydrogen-bond donors (Lipinski definition) is 1. The molecule has 0 saturated carbocycles. The molecule has 0 amide bonds. The summed E-state index contributed by atoms with van der Waals surface area (Å²) < 4.78 is 18.8. The van der Waals surface area contributed by atoms with Crippen molar-refractivity contribution in [2.24, 2.45) is 0 Å². The van der Waals surface area contributed by atoms with Crippen molar-refractivity contribution < 1.29 is 9.13 Å². The van der Waals surface area contributed by atoms with E-state index < -0.39 is 0 Å². The number of rotatable bonds is 4. The number of halogens is 2. The fourth-order valence-electron chi connectivity index (χ4n) is 4.07. The van der Waals surface area contributed by atoms with Crippen LogP contribution in [0.15, 0.2) is 48.0 Å². The van der Waals surface area contributed by atoms with E-state index in [1.165, 1.54) is 28.5 Å². The Bertz CT molecular complexity index is 948. The molecule has 29 heavy (non-hydrogen) atoms. The highest BCUT2D eigenvalue weighted by molar-refractivity contribution is 8.22. The zero-order valence-electron chi connectivity index (χ0n) is 16.1. The Balaban J connectivity index is 1.78. The molecule has 1 N–H and O–H groups in total. The molecule has 1 atom stereocenters. The van der Waals surface area contributed by atoms with Crippen molar-refractivity contribution in [2.45, 2.75) is 12.5 Å². The molecule has 0 bridgehead atoms. The highest BCUT2D eigenvalue weighted by Gasteiger charge is 2.35. The summed E-state index contributed by atoms with van der Waals surface area (Å²) in [7, 11) is 1.66. The molecule has 3 nitrogen and oxygen atoms in total. The molecule has 7 heteroatoms. The molecule has 1 unspecified atom stereocenters. The Morgan fingerprint density at radius 1 is 1.31 bits per heavy atom. The van der Waals surface area contributed by atoms with Crippen LogP contribution in [0.1, 0.15) is 23.6 Å². The summed E-state index contributed by atoms with van der Waals surface area (Å²) in [5, 5.41) is 4.27. The van der Waals surface area contributed by atoms with Crippen molar-refractivity contribution >= 4 is 51.2 Å². The van der Waals surface area contributed by atoms with Crippen molar-refractivity contribution in [2.75, 3.05) is 37.9 Å². The maximum Gasteiger partial charge on any atom is 0.137 e. The number of nitrogens with zero attached hydrogens (tertiary/aromatic N) is 1. The van der Waals surface area contributed by atoms with Gasteiger partial charge in [-0.25, -0.2) is 0 Å². The largest absolute Gasteiger partial charge is 0.497 e. The highest BCUT2D eigenvalue weighted by atomic mass is 35.5. The van der Waals surface area contributed by atoms with E-state index in [9.17, 15) is 4.39 Å². The molecule has 2 aliphatic heterocycles. The first kappa shape index (κ1) is 20.5. The first-order valence-corrected chi connectivity index (χ1v) is 11.3. The average molecular weight is 449 g/mol. The standard InChI is InChI=1S/C22H22ClFN2OS2/c1-27-16-5-2-14(3-6-16)21-19-13-25-20-7-4-15(23)12-18(20)17(19)8-10-26(21)22(28)29-11-9-24/h2-7,12,21,25H,8-11,13H2,1H3. The Morgan fingerprint density at radius 3 is 2.83 bits per heavy atom. The molecular weight excluding hydrogens is 427 g/mol. The van der Waals surface area contributed by atoms with Crippen LogP contribution in [0.2, 0.25) is 5.02 Å². The number of fused-ring (bicyclic) bond motifs is 2. The van der Waals surface area contributed by atoms with Gasteiger partial charge in [0.05, 0.1) is 19.8 Å². The second-order valence-electron chi connectivity index (χ2n) is 6.97. The second-order valence-corrected chi connectivity index (χ2v) is 9.13. The van der Waals surface area contributed by atoms with E-state index in [1.54, 1.807) is 7.11 Å². The third kappa shape index (κ3) is 4.11. The van der Waals surface area contributed by atoms with Gasteiger partial charge in [0.15, 0.2) is 0 Å². The van der Waals surface area contributed by atoms with Crippen molar-refractivity contribution in [1.82, 2.24) is 4.90 Å². The van der Waals surface area contributed by atoms with Crippen molar-refractivity contribution in [3.05, 3.63) is 64.2 Å². The summed E-state index contributed by atoms with van der Waals surface area (Å²) in [5.74, 6) is 1.20. The van der Waals surface area contributed by atoms with E-state index in [2.05, 4.69) is 22.3 Å². The van der Waals surface area contributed by atoms with E-state index >= 15 is 0 Å². The molecule has 2 aromatic carbocycles. The lowest BCUT2D eigenvalue weighted by atomic mass is 9.82. The molecule has 0 fully saturated rings. The van der Waals surface area contributed by atoms with E-state index in [0.29, 0.717) is 5.75 Å². The summed E-state index contributed by atoms with van der Waals surface area (Å²) in [6.07, 6.45) is 0.882. The van der Waals surface area contributed by atoms with Gasteiger partial charge in [0.25, 0.3) is 0 Å². The number of ether oxygens (including phenoxy) is 1. The highest BCUT2D eigenvalue weighted by Crippen LogP contribution is 2.45. The number of benzene rings is 2. The summed E-state index contributed by atoms with van der Waals surface area (Å²) in [4.78, 5) is 2.23. The minimum atomic E-state index is -0.382. The average Bonchev–Trinajstić information content (AvgIpc) is 2.76. The molecule has 0 radical (unpaired) electrons. The predicted molar refractivity (Wildman–Crippen MR) is 125 cm³/mol. The maximum absolute atomic E-state index is 12.8. The van der Waals surface area contributed by atoms with Crippen LogP contribution in [0.25, 0.3) is 5.57 Å². The zero-order chi connectivity index (χ0) is 20.4. The summed E-state index contributed by atoms with van der Waals surface area (Å²) in [6, 6.07) is 14.1. The molecular formula is C22H22ClFN2OS2. The minimum Gasteiger partial charge on any atom is -0.497 e. The summed E-state index contributed by atoms with van der Waals surface area (Å²) in [6.45, 7) is 1.15. The molecule has 2 aliphatic rings. The number of thioether (sulfide) groups is 1. The lowest BCUT2D eigenvalue weighted by molar-refractivity contribution is 0.354. The first-order chi connectivity index (χ1) is 14.1. The number of anilines is 1. The molecule has 4 rings (SSSR count). The SMILES string of the molecule is COc1ccc(C2C3=C(CCN2C(=S)SCCF)c2cc(Cl)ccc2NC3)cc1. The van der Waals surface area contributed by atoms with E-state index in [-0.39, 0.29) is 12.7 Å². The third-order valence-corrected chi connectivity index (χ3v) is 7.04. The van der Waals surface area contributed by atoms with Gasteiger partial charge in [-0.2, -0.15) is 0 Å². The van der Waals surface area contributed by atoms with Crippen LogP contribution in [0.4, 0.5) is 10.1 Å². The van der Waals surface area contributed by atoms with Crippen molar-refractivity contribution in [3.63, 3.8) is 0 Å². The van der Waals surface area contributed by atoms with Gasteiger partial charge < -0.3 is 15.0 Å². The van der Waals surface area contributed by atoms with Gasteiger partial charge in [-0.1, -0.05) is 47.7 Å².